The standard InChI is InChI=1S/C21H23F3O/c1-3-4-5-6-7-20(25)17-10-13-19(15(2)14-17)16-8-11-18(12-9-16)21(22,23)24/h8-14H,3-7H2,1-2H3. The van der Waals surface area contributed by atoms with E-state index in [1.165, 1.54) is 12.1 Å². The average molecular weight is 348 g/mol. The molecule has 0 bridgehead atoms. The molecule has 0 saturated carbocycles. The molecule has 0 fully saturated rings. The first-order chi connectivity index (χ1) is 11.8. The fourth-order valence-corrected chi connectivity index (χ4v) is 2.86. The highest BCUT2D eigenvalue weighted by Gasteiger charge is 2.30. The molecule has 4 heteroatoms. The number of Topliss-reactive ketones (excluding diaryl/α,β-unsaturated/α-hetero) is 1. The minimum atomic E-state index is -4.33. The maximum atomic E-state index is 12.7. The van der Waals surface area contributed by atoms with Gasteiger partial charge in [0.15, 0.2) is 5.78 Å². The molecule has 0 radical (unpaired) electrons. The van der Waals surface area contributed by atoms with Crippen molar-refractivity contribution in [2.24, 2.45) is 0 Å². The van der Waals surface area contributed by atoms with Gasteiger partial charge in [-0.15, -0.1) is 0 Å². The minimum Gasteiger partial charge on any atom is -0.294 e. The van der Waals surface area contributed by atoms with Crippen LogP contribution in [0.2, 0.25) is 0 Å². The lowest BCUT2D eigenvalue weighted by Gasteiger charge is -2.11. The fourth-order valence-electron chi connectivity index (χ4n) is 2.86. The van der Waals surface area contributed by atoms with Crippen LogP contribution in [0.5, 0.6) is 0 Å². The second-order valence-corrected chi connectivity index (χ2v) is 6.34. The van der Waals surface area contributed by atoms with Crippen LogP contribution in [0.1, 0.15) is 60.5 Å². The van der Waals surface area contributed by atoms with Crippen molar-refractivity contribution in [1.29, 1.82) is 0 Å². The zero-order valence-corrected chi connectivity index (χ0v) is 14.6. The van der Waals surface area contributed by atoms with Crippen molar-refractivity contribution < 1.29 is 18.0 Å². The van der Waals surface area contributed by atoms with Crippen molar-refractivity contribution in [2.45, 2.75) is 52.1 Å². The Morgan fingerprint density at radius 3 is 2.20 bits per heavy atom. The van der Waals surface area contributed by atoms with Gasteiger partial charge in [-0.05, 0) is 48.2 Å². The number of hydrogen-bond acceptors (Lipinski definition) is 1. The zero-order chi connectivity index (χ0) is 18.4. The summed E-state index contributed by atoms with van der Waals surface area (Å²) in [7, 11) is 0. The molecule has 0 N–H and O–H groups in total. The highest BCUT2D eigenvalue weighted by Crippen LogP contribution is 2.32. The Balaban J connectivity index is 2.12. The van der Waals surface area contributed by atoms with Crippen molar-refractivity contribution in [3.63, 3.8) is 0 Å². The van der Waals surface area contributed by atoms with Crippen LogP contribution in [0.25, 0.3) is 11.1 Å². The van der Waals surface area contributed by atoms with Gasteiger partial charge in [0, 0.05) is 12.0 Å². The maximum absolute atomic E-state index is 12.7. The maximum Gasteiger partial charge on any atom is 0.416 e. The van der Waals surface area contributed by atoms with Crippen LogP contribution in [-0.4, -0.2) is 5.78 Å². The number of ketones is 1. The monoisotopic (exact) mass is 348 g/mol. The molecular formula is C21H23F3O. The quantitative estimate of drug-likeness (QED) is 0.396. The van der Waals surface area contributed by atoms with E-state index in [1.807, 2.05) is 19.1 Å². The van der Waals surface area contributed by atoms with Gasteiger partial charge in [-0.1, -0.05) is 50.5 Å². The number of hydrogen-bond donors (Lipinski definition) is 0. The van der Waals surface area contributed by atoms with E-state index < -0.39 is 11.7 Å². The van der Waals surface area contributed by atoms with E-state index in [0.717, 1.165) is 48.9 Å². The fraction of sp³-hybridized carbons (Fsp3) is 0.381. The summed E-state index contributed by atoms with van der Waals surface area (Å²) in [5.41, 5.74) is 2.46. The summed E-state index contributed by atoms with van der Waals surface area (Å²) in [6.07, 6.45) is 0.437. The minimum absolute atomic E-state index is 0.123. The molecule has 0 amide bonds. The van der Waals surface area contributed by atoms with Crippen LogP contribution >= 0.6 is 0 Å². The van der Waals surface area contributed by atoms with Crippen molar-refractivity contribution in [2.75, 3.05) is 0 Å². The van der Waals surface area contributed by atoms with Crippen molar-refractivity contribution >= 4 is 5.78 Å². The normalized spacial score (nSPS) is 11.6. The summed E-state index contributed by atoms with van der Waals surface area (Å²) in [6, 6.07) is 10.5. The van der Waals surface area contributed by atoms with E-state index in [9.17, 15) is 18.0 Å². The number of carbonyl (C=O) groups excluding carboxylic acids is 1. The highest BCUT2D eigenvalue weighted by atomic mass is 19.4. The Bertz CT molecular complexity index is 715. The molecule has 0 aliphatic rings. The predicted octanol–water partition coefficient (Wildman–Crippen LogP) is 6.83. The van der Waals surface area contributed by atoms with Crippen LogP contribution < -0.4 is 0 Å². The Morgan fingerprint density at radius 1 is 0.960 bits per heavy atom. The number of alkyl halides is 3. The number of carbonyl (C=O) groups is 1. The molecule has 0 aliphatic carbocycles. The number of benzene rings is 2. The van der Waals surface area contributed by atoms with E-state index in [2.05, 4.69) is 6.92 Å². The van der Waals surface area contributed by atoms with Gasteiger partial charge in [0.05, 0.1) is 5.56 Å². The first kappa shape index (κ1) is 19.2. The topological polar surface area (TPSA) is 17.1 Å². The van der Waals surface area contributed by atoms with E-state index in [1.54, 1.807) is 6.07 Å². The molecule has 134 valence electrons. The Labute approximate surface area is 146 Å². The van der Waals surface area contributed by atoms with E-state index in [4.69, 9.17) is 0 Å². The van der Waals surface area contributed by atoms with Crippen LogP contribution in [0.15, 0.2) is 42.5 Å². The van der Waals surface area contributed by atoms with Gasteiger partial charge in [0.2, 0.25) is 0 Å². The second kappa shape index (κ2) is 8.32. The molecule has 0 spiro atoms. The molecule has 0 aromatic heterocycles. The van der Waals surface area contributed by atoms with Crippen molar-refractivity contribution in [3.8, 4) is 11.1 Å². The Hall–Kier alpha value is -2.10. The van der Waals surface area contributed by atoms with Crippen molar-refractivity contribution in [1.82, 2.24) is 0 Å². The lowest BCUT2D eigenvalue weighted by molar-refractivity contribution is -0.137. The van der Waals surface area contributed by atoms with E-state index >= 15 is 0 Å². The molecule has 1 nitrogen and oxygen atoms in total. The number of rotatable bonds is 7. The number of unbranched alkanes of at least 4 members (excludes halogenated alkanes) is 3. The van der Waals surface area contributed by atoms with Crippen LogP contribution in [0.4, 0.5) is 13.2 Å². The summed E-state index contributed by atoms with van der Waals surface area (Å²) >= 11 is 0. The van der Waals surface area contributed by atoms with Crippen LogP contribution in [-0.2, 0) is 6.18 Å². The molecule has 25 heavy (non-hydrogen) atoms. The smallest absolute Gasteiger partial charge is 0.294 e. The van der Waals surface area contributed by atoms with Gasteiger partial charge in [0.25, 0.3) is 0 Å². The molecule has 0 atom stereocenters. The largest absolute Gasteiger partial charge is 0.416 e. The first-order valence-electron chi connectivity index (χ1n) is 8.64. The van der Waals surface area contributed by atoms with Gasteiger partial charge in [-0.3, -0.25) is 4.79 Å². The van der Waals surface area contributed by atoms with Gasteiger partial charge < -0.3 is 0 Å². The van der Waals surface area contributed by atoms with E-state index in [-0.39, 0.29) is 5.78 Å². The molecule has 2 aromatic carbocycles. The van der Waals surface area contributed by atoms with Crippen LogP contribution in [0.3, 0.4) is 0 Å². The molecular weight excluding hydrogens is 325 g/mol. The Kier molecular flexibility index (Phi) is 6.40. The predicted molar refractivity (Wildman–Crippen MR) is 94.7 cm³/mol. The molecule has 2 aromatic rings. The third kappa shape index (κ3) is 5.18. The Morgan fingerprint density at radius 2 is 1.64 bits per heavy atom. The highest BCUT2D eigenvalue weighted by molar-refractivity contribution is 5.96. The van der Waals surface area contributed by atoms with Gasteiger partial charge in [0.1, 0.15) is 0 Å². The average Bonchev–Trinajstić information content (AvgIpc) is 2.58. The summed E-state index contributed by atoms with van der Waals surface area (Å²) < 4.78 is 38.0. The van der Waals surface area contributed by atoms with Gasteiger partial charge in [-0.2, -0.15) is 13.2 Å². The van der Waals surface area contributed by atoms with Crippen molar-refractivity contribution in [3.05, 3.63) is 59.2 Å². The number of aryl methyl sites for hydroxylation is 1. The lowest BCUT2D eigenvalue weighted by Crippen LogP contribution is -2.04. The summed E-state index contributed by atoms with van der Waals surface area (Å²) in [4.78, 5) is 12.2. The summed E-state index contributed by atoms with van der Waals surface area (Å²) in [5.74, 6) is 0.123. The van der Waals surface area contributed by atoms with Crippen LogP contribution in [0, 0.1) is 6.92 Å². The summed E-state index contributed by atoms with van der Waals surface area (Å²) in [6.45, 7) is 4.01. The van der Waals surface area contributed by atoms with Gasteiger partial charge in [-0.25, -0.2) is 0 Å². The SMILES string of the molecule is CCCCCCC(=O)c1ccc(-c2ccc(C(F)(F)F)cc2)c(C)c1. The molecule has 0 saturated heterocycles. The second-order valence-electron chi connectivity index (χ2n) is 6.34. The number of halogens is 3. The lowest BCUT2D eigenvalue weighted by atomic mass is 9.95. The first-order valence-corrected chi connectivity index (χ1v) is 8.64. The van der Waals surface area contributed by atoms with Gasteiger partial charge >= 0.3 is 6.18 Å². The molecule has 0 heterocycles. The third-order valence-electron chi connectivity index (χ3n) is 4.33. The zero-order valence-electron chi connectivity index (χ0n) is 14.6. The molecule has 2 rings (SSSR count). The summed E-state index contributed by atoms with van der Waals surface area (Å²) in [5, 5.41) is 0. The van der Waals surface area contributed by atoms with E-state index in [0.29, 0.717) is 17.5 Å². The third-order valence-corrected chi connectivity index (χ3v) is 4.33. The molecule has 0 aliphatic heterocycles. The molecule has 0 unspecified atom stereocenters.